The molecular formula is C34H50ClN3O5S. The fourth-order valence-electron chi connectivity index (χ4n) is 4.82. The average molecular weight is 648 g/mol. The van der Waals surface area contributed by atoms with Crippen LogP contribution in [0.2, 0.25) is 0 Å². The highest BCUT2D eigenvalue weighted by molar-refractivity contribution is 7.92. The van der Waals surface area contributed by atoms with E-state index < -0.39 is 15.9 Å². The fourth-order valence-corrected chi connectivity index (χ4v) is 5.97. The number of benzene rings is 3. The molecule has 0 spiro atoms. The number of rotatable bonds is 16. The molecule has 0 bridgehead atoms. The largest absolute Gasteiger partial charge is 0.506 e. The van der Waals surface area contributed by atoms with Crippen molar-refractivity contribution in [3.8, 4) is 11.5 Å². The van der Waals surface area contributed by atoms with Crippen molar-refractivity contribution >= 4 is 44.8 Å². The Balaban J connectivity index is 0.00000675. The number of nitrogens with one attached hydrogen (secondary N) is 2. The predicted octanol–water partition coefficient (Wildman–Crippen LogP) is 7.02. The Morgan fingerprint density at radius 3 is 2.23 bits per heavy atom. The van der Waals surface area contributed by atoms with Crippen LogP contribution in [-0.4, -0.2) is 44.9 Å². The minimum atomic E-state index is -3.68. The first-order valence-electron chi connectivity index (χ1n) is 15.3. The van der Waals surface area contributed by atoms with Crippen LogP contribution >= 0.6 is 12.4 Å². The molecule has 3 rings (SSSR count). The molecule has 0 aliphatic heterocycles. The monoisotopic (exact) mass is 647 g/mol. The lowest BCUT2D eigenvalue weighted by Gasteiger charge is -2.30. The normalized spacial score (nSPS) is 12.1. The van der Waals surface area contributed by atoms with Crippen LogP contribution in [0.5, 0.6) is 11.5 Å². The fraction of sp³-hybridized carbons (Fsp3) is 0.500. The van der Waals surface area contributed by atoms with Gasteiger partial charge in [0.25, 0.3) is 5.91 Å². The van der Waals surface area contributed by atoms with Gasteiger partial charge in [-0.1, -0.05) is 77.9 Å². The van der Waals surface area contributed by atoms with Gasteiger partial charge in [-0.05, 0) is 67.2 Å². The van der Waals surface area contributed by atoms with Crippen molar-refractivity contribution in [3.05, 3.63) is 65.2 Å². The molecule has 0 aromatic heterocycles. The van der Waals surface area contributed by atoms with Gasteiger partial charge < -0.3 is 20.9 Å². The van der Waals surface area contributed by atoms with Crippen molar-refractivity contribution in [3.63, 3.8) is 0 Å². The van der Waals surface area contributed by atoms with E-state index in [-0.39, 0.29) is 52.5 Å². The molecule has 10 heteroatoms. The highest BCUT2D eigenvalue weighted by atomic mass is 35.5. The maximum atomic E-state index is 13.1. The van der Waals surface area contributed by atoms with Crippen LogP contribution in [0.4, 0.5) is 5.69 Å². The minimum absolute atomic E-state index is 0. The Morgan fingerprint density at radius 2 is 1.59 bits per heavy atom. The topological polar surface area (TPSA) is 131 Å². The number of phenols is 1. The number of sulfonamides is 1. The average Bonchev–Trinajstić information content (AvgIpc) is 2.99. The number of amides is 1. The zero-order valence-corrected chi connectivity index (χ0v) is 28.6. The van der Waals surface area contributed by atoms with Crippen molar-refractivity contribution in [1.29, 1.82) is 0 Å². The number of unbranched alkanes of at least 4 members (excludes halogenated alkanes) is 1. The van der Waals surface area contributed by atoms with Crippen molar-refractivity contribution < 1.29 is 23.1 Å². The molecule has 0 aliphatic rings. The zero-order valence-electron chi connectivity index (χ0n) is 27.0. The summed E-state index contributed by atoms with van der Waals surface area (Å²) in [4.78, 5) is 13.1. The predicted molar refractivity (Wildman–Crippen MR) is 184 cm³/mol. The molecule has 44 heavy (non-hydrogen) atoms. The highest BCUT2D eigenvalue weighted by Gasteiger charge is 2.26. The number of aromatic hydroxyl groups is 1. The minimum Gasteiger partial charge on any atom is -0.506 e. The van der Waals surface area contributed by atoms with E-state index in [2.05, 4.69) is 69.8 Å². The van der Waals surface area contributed by atoms with Gasteiger partial charge in [0.15, 0.2) is 0 Å². The molecule has 1 amide bonds. The van der Waals surface area contributed by atoms with Crippen LogP contribution in [-0.2, 0) is 20.9 Å². The van der Waals surface area contributed by atoms with E-state index in [1.54, 1.807) is 24.3 Å². The first-order valence-corrected chi connectivity index (χ1v) is 16.9. The summed E-state index contributed by atoms with van der Waals surface area (Å²) in [7, 11) is -3.68. The van der Waals surface area contributed by atoms with Gasteiger partial charge in [0.05, 0.1) is 23.6 Å². The van der Waals surface area contributed by atoms with Gasteiger partial charge in [0.1, 0.15) is 11.5 Å². The van der Waals surface area contributed by atoms with Crippen LogP contribution in [0, 0.1) is 0 Å². The van der Waals surface area contributed by atoms with Crippen molar-refractivity contribution in [2.75, 3.05) is 30.2 Å². The highest BCUT2D eigenvalue weighted by Crippen LogP contribution is 2.39. The van der Waals surface area contributed by atoms with Crippen LogP contribution in [0.25, 0.3) is 10.8 Å². The zero-order chi connectivity index (χ0) is 31.8. The Morgan fingerprint density at radius 1 is 0.932 bits per heavy atom. The number of halogens is 1. The summed E-state index contributed by atoms with van der Waals surface area (Å²) < 4.78 is 33.9. The molecule has 0 saturated carbocycles. The SMILES string of the molecule is CCC(C)(C)c1ccc(OCCCCNC(=O)c2cc(NS(=O)(=O)CCCN)c3ccccc3c2O)c(C(C)(C)CC)c1.Cl. The third-order valence-electron chi connectivity index (χ3n) is 8.52. The molecule has 5 N–H and O–H groups in total. The lowest BCUT2D eigenvalue weighted by Crippen LogP contribution is -2.25. The van der Waals surface area contributed by atoms with Gasteiger partial charge in [0.2, 0.25) is 10.0 Å². The van der Waals surface area contributed by atoms with Gasteiger partial charge in [-0.25, -0.2) is 8.42 Å². The van der Waals surface area contributed by atoms with Crippen molar-refractivity contribution in [2.45, 2.75) is 84.5 Å². The number of nitrogens with two attached hydrogens (primary N) is 1. The summed E-state index contributed by atoms with van der Waals surface area (Å²) in [5, 5.41) is 14.6. The molecule has 0 aliphatic carbocycles. The first-order chi connectivity index (χ1) is 20.3. The number of fused-ring (bicyclic) bond motifs is 1. The van der Waals surface area contributed by atoms with E-state index in [0.29, 0.717) is 36.8 Å². The molecular weight excluding hydrogens is 598 g/mol. The summed E-state index contributed by atoms with van der Waals surface area (Å²) in [6.07, 6.45) is 3.75. The van der Waals surface area contributed by atoms with Crippen LogP contribution in [0.3, 0.4) is 0 Å². The van der Waals surface area contributed by atoms with Gasteiger partial charge >= 0.3 is 0 Å². The maximum Gasteiger partial charge on any atom is 0.255 e. The quantitative estimate of drug-likeness (QED) is 0.0976. The van der Waals surface area contributed by atoms with Crippen molar-refractivity contribution in [1.82, 2.24) is 5.32 Å². The van der Waals surface area contributed by atoms with E-state index in [0.717, 1.165) is 25.0 Å². The number of ether oxygens (including phenoxy) is 1. The molecule has 3 aromatic rings. The number of anilines is 1. The maximum absolute atomic E-state index is 13.1. The lowest BCUT2D eigenvalue weighted by atomic mass is 9.76. The van der Waals surface area contributed by atoms with E-state index >= 15 is 0 Å². The standard InChI is InChI=1S/C34H49N3O5S.ClH/c1-7-33(3,4)24-16-17-30(28(22-24)34(5,6)8-2)42-20-12-11-19-36-32(39)27-23-29(37-43(40,41)21-13-18-35)25-14-9-10-15-26(25)31(27)38;/h9-10,14-17,22-23,37-38H,7-8,11-13,18-21,35H2,1-6H3,(H,36,39);1H. The van der Waals surface area contributed by atoms with Gasteiger partial charge in [-0.3, -0.25) is 9.52 Å². The van der Waals surface area contributed by atoms with Crippen molar-refractivity contribution in [2.24, 2.45) is 5.73 Å². The molecule has 0 unspecified atom stereocenters. The van der Waals surface area contributed by atoms with Crippen LogP contribution < -0.4 is 20.5 Å². The van der Waals surface area contributed by atoms with E-state index in [9.17, 15) is 18.3 Å². The second-order valence-corrected chi connectivity index (χ2v) is 14.3. The first kappa shape index (κ1) is 37.2. The summed E-state index contributed by atoms with van der Waals surface area (Å²) >= 11 is 0. The van der Waals surface area contributed by atoms with E-state index in [4.69, 9.17) is 10.5 Å². The summed E-state index contributed by atoms with van der Waals surface area (Å²) in [5.41, 5.74) is 8.31. The third kappa shape index (κ3) is 9.25. The summed E-state index contributed by atoms with van der Waals surface area (Å²) in [6.45, 7) is 14.5. The van der Waals surface area contributed by atoms with Crippen LogP contribution in [0.15, 0.2) is 48.5 Å². The number of phenolic OH excluding ortho intramolecular Hbond substituents is 1. The molecule has 244 valence electrons. The third-order valence-corrected chi connectivity index (χ3v) is 9.87. The molecule has 0 saturated heterocycles. The van der Waals surface area contributed by atoms with E-state index in [1.807, 2.05) is 0 Å². The number of carbonyl (C=O) groups excluding carboxylic acids is 1. The van der Waals surface area contributed by atoms with Gasteiger partial charge in [-0.2, -0.15) is 0 Å². The smallest absolute Gasteiger partial charge is 0.255 e. The van der Waals surface area contributed by atoms with E-state index in [1.165, 1.54) is 17.2 Å². The van der Waals surface area contributed by atoms with Gasteiger partial charge in [0, 0.05) is 22.9 Å². The van der Waals surface area contributed by atoms with Crippen LogP contribution in [0.1, 0.15) is 95.1 Å². The number of hydrogen-bond donors (Lipinski definition) is 4. The second-order valence-electron chi connectivity index (χ2n) is 12.4. The molecule has 0 heterocycles. The van der Waals surface area contributed by atoms with Gasteiger partial charge in [-0.15, -0.1) is 12.4 Å². The molecule has 0 radical (unpaired) electrons. The summed E-state index contributed by atoms with van der Waals surface area (Å²) in [5.74, 6) is 0.0875. The Labute approximate surface area is 269 Å². The molecule has 8 nitrogen and oxygen atoms in total. The Kier molecular flexibility index (Phi) is 13.4. The number of carbonyl (C=O) groups is 1. The number of hydrogen-bond acceptors (Lipinski definition) is 6. The Hall–Kier alpha value is -3.01. The molecule has 0 atom stereocenters. The molecule has 0 fully saturated rings. The second kappa shape index (κ2) is 15.8. The Bertz CT molecular complexity index is 1520. The lowest BCUT2D eigenvalue weighted by molar-refractivity contribution is 0.0950. The summed E-state index contributed by atoms with van der Waals surface area (Å²) in [6, 6.07) is 14.8. The molecule has 3 aromatic carbocycles.